The summed E-state index contributed by atoms with van der Waals surface area (Å²) < 4.78 is 0. The molecular weight excluding hydrogens is 447 g/mol. The molecule has 0 atom stereocenters. The number of nitrogens with one attached hydrogen (secondary N) is 1. The van der Waals surface area contributed by atoms with E-state index in [-0.39, 0.29) is 12.2 Å². The topological polar surface area (TPSA) is 98.0 Å². The highest BCUT2D eigenvalue weighted by Crippen LogP contribution is 2.24. The second-order valence-electron chi connectivity index (χ2n) is 7.19. The zero-order chi connectivity index (χ0) is 22.7. The van der Waals surface area contributed by atoms with E-state index in [1.54, 1.807) is 30.3 Å². The zero-order valence-electron chi connectivity index (χ0n) is 16.8. The van der Waals surface area contributed by atoms with Crippen molar-refractivity contribution in [3.05, 3.63) is 99.3 Å². The molecule has 0 fully saturated rings. The quantitative estimate of drug-likeness (QED) is 0.371. The molecule has 4 rings (SSSR count). The SMILES string of the molecule is NC(=O)c1cccc2c(NCc3cccc(CC(=O)c4ccc(Cl)cc4Cl)c3)ncnc12. The summed E-state index contributed by atoms with van der Waals surface area (Å²) in [5.74, 6) is -0.0384. The van der Waals surface area contributed by atoms with Crippen LogP contribution in [0.1, 0.15) is 31.8 Å². The van der Waals surface area contributed by atoms with Crippen LogP contribution in [0.15, 0.2) is 67.0 Å². The molecule has 0 spiro atoms. The summed E-state index contributed by atoms with van der Waals surface area (Å²) >= 11 is 12.1. The van der Waals surface area contributed by atoms with E-state index in [4.69, 9.17) is 28.9 Å². The van der Waals surface area contributed by atoms with Crippen molar-refractivity contribution in [1.29, 1.82) is 0 Å². The summed E-state index contributed by atoms with van der Waals surface area (Å²) in [6.45, 7) is 0.469. The van der Waals surface area contributed by atoms with Crippen LogP contribution in [0.3, 0.4) is 0 Å². The predicted octanol–water partition coefficient (Wildman–Crippen LogP) is 5.07. The number of anilines is 1. The number of aromatic nitrogens is 2. The smallest absolute Gasteiger partial charge is 0.250 e. The Kier molecular flexibility index (Phi) is 6.35. The third-order valence-electron chi connectivity index (χ3n) is 4.98. The average Bonchev–Trinajstić information content (AvgIpc) is 2.77. The number of para-hydroxylation sites is 1. The molecule has 3 aromatic carbocycles. The number of Topliss-reactive ketones (excluding diaryl/α,β-unsaturated/α-hetero) is 1. The van der Waals surface area contributed by atoms with E-state index >= 15 is 0 Å². The molecule has 0 aliphatic carbocycles. The monoisotopic (exact) mass is 464 g/mol. The average molecular weight is 465 g/mol. The van der Waals surface area contributed by atoms with Gasteiger partial charge in [0.25, 0.3) is 5.91 Å². The van der Waals surface area contributed by atoms with Gasteiger partial charge in [-0.1, -0.05) is 53.5 Å². The fourth-order valence-corrected chi connectivity index (χ4v) is 3.97. The summed E-state index contributed by atoms with van der Waals surface area (Å²) in [5.41, 5.74) is 8.56. The van der Waals surface area contributed by atoms with Crippen LogP contribution >= 0.6 is 23.2 Å². The Balaban J connectivity index is 1.51. The molecule has 0 aliphatic heterocycles. The number of ketones is 1. The van der Waals surface area contributed by atoms with Crippen LogP contribution in [0.5, 0.6) is 0 Å². The van der Waals surface area contributed by atoms with Crippen molar-refractivity contribution in [1.82, 2.24) is 9.97 Å². The van der Waals surface area contributed by atoms with Crippen LogP contribution in [-0.2, 0) is 13.0 Å². The second kappa shape index (κ2) is 9.34. The predicted molar refractivity (Wildman–Crippen MR) is 126 cm³/mol. The highest BCUT2D eigenvalue weighted by Gasteiger charge is 2.13. The maximum absolute atomic E-state index is 12.7. The first-order chi connectivity index (χ1) is 15.4. The molecule has 160 valence electrons. The molecule has 32 heavy (non-hydrogen) atoms. The van der Waals surface area contributed by atoms with E-state index in [1.165, 1.54) is 6.33 Å². The molecule has 0 saturated heterocycles. The van der Waals surface area contributed by atoms with Crippen molar-refractivity contribution in [3.8, 4) is 0 Å². The van der Waals surface area contributed by atoms with Gasteiger partial charge in [0.1, 0.15) is 12.1 Å². The minimum absolute atomic E-state index is 0.0856. The van der Waals surface area contributed by atoms with E-state index in [9.17, 15) is 9.59 Å². The Morgan fingerprint density at radius 3 is 2.47 bits per heavy atom. The summed E-state index contributed by atoms with van der Waals surface area (Å²) in [4.78, 5) is 32.8. The number of rotatable bonds is 7. The van der Waals surface area contributed by atoms with Gasteiger partial charge in [0.05, 0.1) is 16.1 Å². The van der Waals surface area contributed by atoms with Crippen molar-refractivity contribution in [2.24, 2.45) is 5.73 Å². The van der Waals surface area contributed by atoms with Gasteiger partial charge in [0.2, 0.25) is 0 Å². The zero-order valence-corrected chi connectivity index (χ0v) is 18.3. The van der Waals surface area contributed by atoms with Crippen LogP contribution in [0.4, 0.5) is 5.82 Å². The Hall–Kier alpha value is -3.48. The van der Waals surface area contributed by atoms with Gasteiger partial charge < -0.3 is 11.1 Å². The normalized spacial score (nSPS) is 10.8. The summed E-state index contributed by atoms with van der Waals surface area (Å²) in [5, 5.41) is 4.80. The third kappa shape index (κ3) is 4.72. The van der Waals surface area contributed by atoms with E-state index in [1.807, 2.05) is 30.3 Å². The maximum Gasteiger partial charge on any atom is 0.250 e. The van der Waals surface area contributed by atoms with E-state index in [2.05, 4.69) is 15.3 Å². The molecule has 0 radical (unpaired) electrons. The van der Waals surface area contributed by atoms with Gasteiger partial charge >= 0.3 is 0 Å². The molecule has 0 bridgehead atoms. The van der Waals surface area contributed by atoms with Crippen molar-refractivity contribution in [2.75, 3.05) is 5.32 Å². The highest BCUT2D eigenvalue weighted by atomic mass is 35.5. The summed E-state index contributed by atoms with van der Waals surface area (Å²) in [7, 11) is 0. The van der Waals surface area contributed by atoms with Crippen LogP contribution < -0.4 is 11.1 Å². The lowest BCUT2D eigenvalue weighted by Gasteiger charge is -2.11. The third-order valence-corrected chi connectivity index (χ3v) is 5.53. The molecule has 8 heteroatoms. The molecular formula is C24H18Cl2N4O2. The Bertz CT molecular complexity index is 1340. The van der Waals surface area contributed by atoms with Crippen molar-refractivity contribution in [2.45, 2.75) is 13.0 Å². The fourth-order valence-electron chi connectivity index (χ4n) is 3.46. The van der Waals surface area contributed by atoms with E-state index < -0.39 is 5.91 Å². The molecule has 1 amide bonds. The van der Waals surface area contributed by atoms with Crippen LogP contribution in [0.2, 0.25) is 10.0 Å². The Morgan fingerprint density at radius 1 is 0.906 bits per heavy atom. The van der Waals surface area contributed by atoms with E-state index in [0.29, 0.717) is 44.4 Å². The molecule has 0 saturated carbocycles. The number of hydrogen-bond donors (Lipinski definition) is 2. The first-order valence-corrected chi connectivity index (χ1v) is 10.5. The highest BCUT2D eigenvalue weighted by molar-refractivity contribution is 6.36. The number of carbonyl (C=O) groups is 2. The number of hydrogen-bond acceptors (Lipinski definition) is 5. The molecule has 1 aromatic heterocycles. The molecule has 4 aromatic rings. The number of carbonyl (C=O) groups excluding carboxylic acids is 2. The summed E-state index contributed by atoms with van der Waals surface area (Å²) in [6, 6.07) is 17.7. The molecule has 0 aliphatic rings. The van der Waals surface area contributed by atoms with Gasteiger partial charge in [-0.2, -0.15) is 0 Å². The standard InChI is InChI=1S/C24H18Cl2N4O2/c25-16-7-8-17(20(26)11-16)21(31)10-14-3-1-4-15(9-14)12-28-24-19-6-2-5-18(23(27)32)22(19)29-13-30-24/h1-9,11,13H,10,12H2,(H2,27,32)(H,28,29,30). The lowest BCUT2D eigenvalue weighted by Crippen LogP contribution is -2.12. The number of benzene rings is 3. The van der Waals surface area contributed by atoms with Gasteiger partial charge in [-0.3, -0.25) is 9.59 Å². The summed E-state index contributed by atoms with van der Waals surface area (Å²) in [6.07, 6.45) is 1.61. The largest absolute Gasteiger partial charge is 0.366 e. The van der Waals surface area contributed by atoms with Crippen molar-refractivity contribution in [3.63, 3.8) is 0 Å². The number of nitrogens with zero attached hydrogens (tertiary/aromatic N) is 2. The fraction of sp³-hybridized carbons (Fsp3) is 0.0833. The number of amides is 1. The molecule has 3 N–H and O–H groups in total. The molecule has 6 nitrogen and oxygen atoms in total. The van der Waals surface area contributed by atoms with Gasteiger partial charge in [0, 0.05) is 28.9 Å². The van der Waals surface area contributed by atoms with Crippen molar-refractivity contribution < 1.29 is 9.59 Å². The lowest BCUT2D eigenvalue weighted by atomic mass is 10.0. The number of fused-ring (bicyclic) bond motifs is 1. The minimum Gasteiger partial charge on any atom is -0.366 e. The maximum atomic E-state index is 12.7. The van der Waals surface area contributed by atoms with Crippen LogP contribution in [-0.4, -0.2) is 21.7 Å². The van der Waals surface area contributed by atoms with Gasteiger partial charge in [-0.25, -0.2) is 9.97 Å². The first-order valence-electron chi connectivity index (χ1n) is 9.76. The molecule has 0 unspecified atom stereocenters. The van der Waals surface area contributed by atoms with Gasteiger partial charge in [-0.05, 0) is 41.5 Å². The lowest BCUT2D eigenvalue weighted by molar-refractivity contribution is 0.0988. The van der Waals surface area contributed by atoms with Crippen LogP contribution in [0, 0.1) is 0 Å². The number of primary amides is 1. The van der Waals surface area contributed by atoms with Gasteiger partial charge in [0.15, 0.2) is 5.78 Å². The number of halogens is 2. The van der Waals surface area contributed by atoms with Gasteiger partial charge in [-0.15, -0.1) is 0 Å². The van der Waals surface area contributed by atoms with E-state index in [0.717, 1.165) is 11.1 Å². The van der Waals surface area contributed by atoms with Crippen molar-refractivity contribution >= 4 is 51.6 Å². The minimum atomic E-state index is -0.543. The molecule has 1 heterocycles. The number of nitrogens with two attached hydrogens (primary N) is 1. The second-order valence-corrected chi connectivity index (χ2v) is 8.03. The van der Waals surface area contributed by atoms with Crippen LogP contribution in [0.25, 0.3) is 10.9 Å². The Labute approximate surface area is 194 Å². The Morgan fingerprint density at radius 2 is 1.69 bits per heavy atom. The first kappa shape index (κ1) is 21.7.